The lowest BCUT2D eigenvalue weighted by Crippen LogP contribution is -2.12. The van der Waals surface area contributed by atoms with Crippen LogP contribution in [-0.2, 0) is 10.0 Å². The molecule has 12 nitrogen and oxygen atoms in total. The highest BCUT2D eigenvalue weighted by Gasteiger charge is 2.18. The molecule has 3 N–H and O–H groups in total. The highest BCUT2D eigenvalue weighted by molar-refractivity contribution is 7.89. The molecule has 0 saturated heterocycles. The summed E-state index contributed by atoms with van der Waals surface area (Å²) >= 11 is 0. The van der Waals surface area contributed by atoms with Gasteiger partial charge in [0.25, 0.3) is 11.4 Å². The van der Waals surface area contributed by atoms with E-state index < -0.39 is 19.9 Å². The van der Waals surface area contributed by atoms with E-state index in [-0.39, 0.29) is 22.0 Å². The van der Waals surface area contributed by atoms with Gasteiger partial charge in [-0.3, -0.25) is 25.7 Å². The van der Waals surface area contributed by atoms with Crippen LogP contribution in [-0.4, -0.2) is 29.0 Å². The summed E-state index contributed by atoms with van der Waals surface area (Å²) in [5.74, 6) is 0. The largest absolute Gasteiger partial charge is 0.318 e. The summed E-state index contributed by atoms with van der Waals surface area (Å²) in [5.41, 5.74) is 4.69. The summed E-state index contributed by atoms with van der Waals surface area (Å²) in [6.07, 6.45) is 1.43. The second-order valence-corrected chi connectivity index (χ2v) is 8.35. The lowest BCUT2D eigenvalue weighted by atomic mass is 10.2. The van der Waals surface area contributed by atoms with Crippen LogP contribution in [0, 0.1) is 34.1 Å². The van der Waals surface area contributed by atoms with Crippen molar-refractivity contribution in [3.05, 3.63) is 85.7 Å². The maximum atomic E-state index is 11.4. The number of nitro benzene ring substituents is 2. The molecule has 0 radical (unpaired) electrons. The highest BCUT2D eigenvalue weighted by Crippen LogP contribution is 2.29. The number of nitro groups is 2. The van der Waals surface area contributed by atoms with E-state index in [1.165, 1.54) is 18.3 Å². The van der Waals surface area contributed by atoms with Gasteiger partial charge in [0.1, 0.15) is 5.69 Å². The molecular formula is C19H18N6O6S. The molecule has 0 aliphatic heterocycles. The number of nitrogens with one attached hydrogen (secondary N) is 1. The van der Waals surface area contributed by atoms with E-state index >= 15 is 0 Å². The Morgan fingerprint density at radius 3 is 2.25 bits per heavy atom. The molecule has 0 amide bonds. The van der Waals surface area contributed by atoms with Crippen LogP contribution in [0.2, 0.25) is 0 Å². The van der Waals surface area contributed by atoms with Gasteiger partial charge in [0.05, 0.1) is 21.0 Å². The maximum Gasteiger partial charge on any atom is 0.294 e. The van der Waals surface area contributed by atoms with Crippen LogP contribution < -0.4 is 10.6 Å². The van der Waals surface area contributed by atoms with Crippen molar-refractivity contribution in [2.45, 2.75) is 18.7 Å². The lowest BCUT2D eigenvalue weighted by molar-refractivity contribution is -0.388. The molecule has 0 aliphatic carbocycles. The number of anilines is 1. The molecule has 0 atom stereocenters. The Labute approximate surface area is 182 Å². The minimum Gasteiger partial charge on any atom is -0.318 e. The van der Waals surface area contributed by atoms with Crippen molar-refractivity contribution >= 4 is 33.3 Å². The number of hydrazone groups is 1. The number of non-ortho nitro benzene ring substituents is 1. The molecule has 0 saturated carbocycles. The normalized spacial score (nSPS) is 11.6. The summed E-state index contributed by atoms with van der Waals surface area (Å²) in [4.78, 5) is 20.8. The summed E-state index contributed by atoms with van der Waals surface area (Å²) in [7, 11) is -3.80. The summed E-state index contributed by atoms with van der Waals surface area (Å²) in [5, 5.41) is 31.3. The summed E-state index contributed by atoms with van der Waals surface area (Å²) < 4.78 is 24.8. The van der Waals surface area contributed by atoms with E-state index in [4.69, 9.17) is 5.14 Å². The second-order valence-electron chi connectivity index (χ2n) is 6.79. The average molecular weight is 458 g/mol. The molecule has 0 bridgehead atoms. The third-order valence-electron chi connectivity index (χ3n) is 4.67. The molecular weight excluding hydrogens is 440 g/mol. The van der Waals surface area contributed by atoms with Crippen molar-refractivity contribution in [3.8, 4) is 5.69 Å². The number of hydrogen-bond acceptors (Lipinski definition) is 8. The topological polar surface area (TPSA) is 176 Å². The van der Waals surface area contributed by atoms with Crippen LogP contribution in [0.15, 0.2) is 58.5 Å². The second kappa shape index (κ2) is 8.56. The number of aryl methyl sites for hydroxylation is 1. The van der Waals surface area contributed by atoms with Crippen LogP contribution in [0.5, 0.6) is 0 Å². The van der Waals surface area contributed by atoms with Crippen molar-refractivity contribution in [2.75, 3.05) is 5.43 Å². The number of nitrogens with zero attached hydrogens (tertiary/aromatic N) is 4. The van der Waals surface area contributed by atoms with Crippen LogP contribution >= 0.6 is 0 Å². The number of benzene rings is 2. The highest BCUT2D eigenvalue weighted by atomic mass is 32.2. The molecule has 0 unspecified atom stereocenters. The number of hydrogen-bond donors (Lipinski definition) is 2. The van der Waals surface area contributed by atoms with E-state index in [2.05, 4.69) is 10.5 Å². The quantitative estimate of drug-likeness (QED) is 0.310. The van der Waals surface area contributed by atoms with Crippen LogP contribution in [0.1, 0.15) is 17.0 Å². The van der Waals surface area contributed by atoms with Gasteiger partial charge in [0.2, 0.25) is 10.0 Å². The van der Waals surface area contributed by atoms with Crippen molar-refractivity contribution in [1.29, 1.82) is 0 Å². The van der Waals surface area contributed by atoms with Gasteiger partial charge in [-0.2, -0.15) is 5.10 Å². The lowest BCUT2D eigenvalue weighted by Gasteiger charge is -2.10. The minimum absolute atomic E-state index is 0.00625. The van der Waals surface area contributed by atoms with Gasteiger partial charge in [-0.05, 0) is 44.2 Å². The zero-order chi connectivity index (χ0) is 23.6. The minimum atomic E-state index is -3.80. The monoisotopic (exact) mass is 458 g/mol. The molecule has 32 heavy (non-hydrogen) atoms. The zero-order valence-corrected chi connectivity index (χ0v) is 17.7. The number of primary sulfonamides is 1. The van der Waals surface area contributed by atoms with E-state index in [0.717, 1.165) is 29.6 Å². The standard InChI is InChI=1S/C19H18N6O6S/c1-12-9-14(13(2)23(12)15-3-6-17(7-4-15)32(20,30)31)11-21-22-18-10-16(24(26)27)5-8-19(18)25(28)29/h3-11,22H,1-2H3,(H2,20,30,31)/b21-11-. The van der Waals surface area contributed by atoms with Crippen molar-refractivity contribution < 1.29 is 18.3 Å². The Morgan fingerprint density at radius 1 is 1.03 bits per heavy atom. The molecule has 0 aliphatic rings. The molecule has 3 aromatic rings. The Bertz CT molecular complexity index is 1350. The first-order valence-corrected chi connectivity index (χ1v) is 10.6. The summed E-state index contributed by atoms with van der Waals surface area (Å²) in [6, 6.07) is 11.0. The maximum absolute atomic E-state index is 11.4. The smallest absolute Gasteiger partial charge is 0.294 e. The number of nitrogens with two attached hydrogens (primary N) is 1. The van der Waals surface area contributed by atoms with Gasteiger partial charge in [-0.25, -0.2) is 13.6 Å². The fraction of sp³-hybridized carbons (Fsp3) is 0.105. The molecule has 13 heteroatoms. The molecule has 2 aromatic carbocycles. The van der Waals surface area contributed by atoms with Crippen molar-refractivity contribution in [1.82, 2.24) is 4.57 Å². The third kappa shape index (κ3) is 4.63. The molecule has 166 valence electrons. The van der Waals surface area contributed by atoms with Crippen molar-refractivity contribution in [3.63, 3.8) is 0 Å². The van der Waals surface area contributed by atoms with Crippen LogP contribution in [0.4, 0.5) is 17.1 Å². The average Bonchev–Trinajstić information content (AvgIpc) is 3.00. The molecule has 1 heterocycles. The Hall–Kier alpha value is -4.10. The Kier molecular flexibility index (Phi) is 6.04. The van der Waals surface area contributed by atoms with Crippen LogP contribution in [0.3, 0.4) is 0 Å². The van der Waals surface area contributed by atoms with E-state index in [9.17, 15) is 28.6 Å². The van der Waals surface area contributed by atoms with E-state index in [0.29, 0.717) is 11.3 Å². The number of sulfonamides is 1. The molecule has 3 rings (SSSR count). The number of rotatable bonds is 7. The van der Waals surface area contributed by atoms with Gasteiger partial charge < -0.3 is 4.57 Å². The van der Waals surface area contributed by atoms with Gasteiger partial charge >= 0.3 is 0 Å². The predicted molar refractivity (Wildman–Crippen MR) is 118 cm³/mol. The van der Waals surface area contributed by atoms with Gasteiger partial charge in [-0.15, -0.1) is 0 Å². The zero-order valence-electron chi connectivity index (χ0n) is 16.9. The first-order valence-electron chi connectivity index (χ1n) is 9.03. The van der Waals surface area contributed by atoms with Gasteiger partial charge in [0.15, 0.2) is 0 Å². The molecule has 1 aromatic heterocycles. The number of aromatic nitrogens is 1. The van der Waals surface area contributed by atoms with E-state index in [1.807, 2.05) is 24.5 Å². The van der Waals surface area contributed by atoms with Gasteiger partial charge in [0, 0.05) is 40.8 Å². The molecule has 0 spiro atoms. The van der Waals surface area contributed by atoms with Crippen molar-refractivity contribution in [2.24, 2.45) is 10.2 Å². The first kappa shape index (κ1) is 22.6. The SMILES string of the molecule is Cc1cc(/C=N\Nc2cc([N+](=O)[O-])ccc2[N+](=O)[O-])c(C)n1-c1ccc(S(N)(=O)=O)cc1. The first-order chi connectivity index (χ1) is 15.0. The van der Waals surface area contributed by atoms with E-state index in [1.54, 1.807) is 12.1 Å². The van der Waals surface area contributed by atoms with Gasteiger partial charge in [-0.1, -0.05) is 0 Å². The third-order valence-corrected chi connectivity index (χ3v) is 5.60. The fourth-order valence-corrected chi connectivity index (χ4v) is 3.67. The van der Waals surface area contributed by atoms with Crippen LogP contribution in [0.25, 0.3) is 5.69 Å². The summed E-state index contributed by atoms with van der Waals surface area (Å²) in [6.45, 7) is 3.66. The Morgan fingerprint density at radius 2 is 1.69 bits per heavy atom. The predicted octanol–water partition coefficient (Wildman–Crippen LogP) is 3.00. The fourth-order valence-electron chi connectivity index (χ4n) is 3.16. The molecule has 0 fully saturated rings. The Balaban J connectivity index is 1.90.